The fourth-order valence-electron chi connectivity index (χ4n) is 2.35. The zero-order chi connectivity index (χ0) is 17.0. The number of rotatable bonds is 8. The van der Waals surface area contributed by atoms with Crippen molar-refractivity contribution in [1.29, 1.82) is 0 Å². The predicted molar refractivity (Wildman–Crippen MR) is 92.0 cm³/mol. The van der Waals surface area contributed by atoms with Crippen LogP contribution in [0.25, 0.3) is 6.08 Å². The van der Waals surface area contributed by atoms with E-state index in [1.165, 1.54) is 6.07 Å². The van der Waals surface area contributed by atoms with Crippen LogP contribution in [-0.4, -0.2) is 25.2 Å². The molecule has 1 aromatic rings. The summed E-state index contributed by atoms with van der Waals surface area (Å²) in [4.78, 5) is 11.2. The van der Waals surface area contributed by atoms with Crippen molar-refractivity contribution in [2.45, 2.75) is 33.1 Å². The average molecular weight is 337 g/mol. The highest BCUT2D eigenvalue weighted by atomic mass is 32.2. The molecule has 2 atom stereocenters. The summed E-state index contributed by atoms with van der Waals surface area (Å²) < 4.78 is 26.5. The molecule has 0 radical (unpaired) electrons. The molecule has 126 valence electrons. The van der Waals surface area contributed by atoms with E-state index in [2.05, 4.69) is 17.7 Å². The van der Waals surface area contributed by atoms with Crippen molar-refractivity contribution in [2.24, 2.45) is 11.8 Å². The van der Waals surface area contributed by atoms with E-state index in [1.807, 2.05) is 13.0 Å². The fraction of sp³-hybridized carbons (Fsp3) is 0.471. The monoisotopic (exact) mass is 337 g/mol. The first-order valence-electron chi connectivity index (χ1n) is 7.88. The second-order valence-corrected chi connectivity index (χ2v) is 8.00. The minimum absolute atomic E-state index is 0.0333. The lowest BCUT2D eigenvalue weighted by Gasteiger charge is -2.09. The zero-order valence-electron chi connectivity index (χ0n) is 13.5. The largest absolute Gasteiger partial charge is 0.478 e. The summed E-state index contributed by atoms with van der Waals surface area (Å²) in [5.41, 5.74) is 1.06. The normalized spacial score (nSPS) is 20.6. The van der Waals surface area contributed by atoms with E-state index in [4.69, 9.17) is 0 Å². The molecule has 1 aliphatic carbocycles. The molecule has 0 aromatic heterocycles. The Bertz CT molecular complexity index is 709. The zero-order valence-corrected chi connectivity index (χ0v) is 14.3. The van der Waals surface area contributed by atoms with Gasteiger partial charge in [0.1, 0.15) is 0 Å². The van der Waals surface area contributed by atoms with Gasteiger partial charge in [-0.1, -0.05) is 32.4 Å². The van der Waals surface area contributed by atoms with Gasteiger partial charge in [0, 0.05) is 5.69 Å². The van der Waals surface area contributed by atoms with Gasteiger partial charge in [-0.3, -0.25) is 4.72 Å². The van der Waals surface area contributed by atoms with Crippen LogP contribution in [0.1, 0.15) is 49.0 Å². The quantitative estimate of drug-likeness (QED) is 0.759. The van der Waals surface area contributed by atoms with Gasteiger partial charge >= 0.3 is 5.97 Å². The molecule has 1 aromatic carbocycles. The Labute approximate surface area is 137 Å². The molecule has 2 unspecified atom stereocenters. The van der Waals surface area contributed by atoms with Crippen LogP contribution in [0.15, 0.2) is 24.3 Å². The van der Waals surface area contributed by atoms with Crippen LogP contribution in [0, 0.1) is 11.8 Å². The van der Waals surface area contributed by atoms with Crippen molar-refractivity contribution in [3.05, 3.63) is 35.4 Å². The molecular formula is C17H23NO4S. The lowest BCUT2D eigenvalue weighted by molar-refractivity contribution is 0.0697. The number of hydrogen-bond acceptors (Lipinski definition) is 3. The van der Waals surface area contributed by atoms with Crippen molar-refractivity contribution >= 4 is 27.8 Å². The van der Waals surface area contributed by atoms with Gasteiger partial charge in [0.2, 0.25) is 10.0 Å². The molecule has 6 heteroatoms. The first-order chi connectivity index (χ1) is 10.8. The smallest absolute Gasteiger partial charge is 0.335 e. The van der Waals surface area contributed by atoms with Crippen molar-refractivity contribution in [3.63, 3.8) is 0 Å². The molecule has 0 heterocycles. The molecule has 0 spiro atoms. The summed E-state index contributed by atoms with van der Waals surface area (Å²) in [6.07, 6.45) is 6.42. The lowest BCUT2D eigenvalue weighted by Crippen LogP contribution is -2.17. The van der Waals surface area contributed by atoms with Crippen LogP contribution >= 0.6 is 0 Å². The SMILES string of the molecule is CCCCS(=O)(=O)Nc1cc(/C=C\C2CC2C)cc(C(=O)O)c1. The summed E-state index contributed by atoms with van der Waals surface area (Å²) in [7, 11) is -3.45. The van der Waals surface area contributed by atoms with Gasteiger partial charge in [-0.2, -0.15) is 0 Å². The van der Waals surface area contributed by atoms with Gasteiger partial charge in [-0.25, -0.2) is 13.2 Å². The maximum atomic E-state index is 12.0. The van der Waals surface area contributed by atoms with Crippen molar-refractivity contribution in [1.82, 2.24) is 0 Å². The van der Waals surface area contributed by atoms with Crippen LogP contribution in [-0.2, 0) is 10.0 Å². The van der Waals surface area contributed by atoms with Crippen molar-refractivity contribution in [2.75, 3.05) is 10.5 Å². The van der Waals surface area contributed by atoms with Gasteiger partial charge in [0.25, 0.3) is 0 Å². The third-order valence-electron chi connectivity index (χ3n) is 3.95. The maximum Gasteiger partial charge on any atom is 0.335 e. The van der Waals surface area contributed by atoms with E-state index >= 15 is 0 Å². The van der Waals surface area contributed by atoms with Gasteiger partial charge in [0.05, 0.1) is 11.3 Å². The average Bonchev–Trinajstić information content (AvgIpc) is 3.18. The van der Waals surface area contributed by atoms with Crippen LogP contribution in [0.5, 0.6) is 0 Å². The van der Waals surface area contributed by atoms with E-state index in [-0.39, 0.29) is 11.3 Å². The van der Waals surface area contributed by atoms with Gasteiger partial charge in [-0.15, -0.1) is 0 Å². The molecule has 2 rings (SSSR count). The highest BCUT2D eigenvalue weighted by Crippen LogP contribution is 2.39. The van der Waals surface area contributed by atoms with E-state index in [0.29, 0.717) is 29.5 Å². The number of benzene rings is 1. The molecule has 1 aliphatic rings. The number of anilines is 1. The van der Waals surface area contributed by atoms with E-state index < -0.39 is 16.0 Å². The number of hydrogen-bond donors (Lipinski definition) is 2. The highest BCUT2D eigenvalue weighted by Gasteiger charge is 2.29. The summed E-state index contributed by atoms with van der Waals surface area (Å²) in [5.74, 6) is 0.161. The number of nitrogens with one attached hydrogen (secondary N) is 1. The molecule has 2 N–H and O–H groups in total. The number of aromatic carboxylic acids is 1. The molecular weight excluding hydrogens is 314 g/mol. The Morgan fingerprint density at radius 1 is 1.39 bits per heavy atom. The minimum atomic E-state index is -3.45. The van der Waals surface area contributed by atoms with Crippen LogP contribution < -0.4 is 4.72 Å². The molecule has 1 fully saturated rings. The van der Waals surface area contributed by atoms with Gasteiger partial charge in [-0.05, 0) is 48.4 Å². The van der Waals surface area contributed by atoms with Gasteiger partial charge < -0.3 is 5.11 Å². The van der Waals surface area contributed by atoms with E-state index in [0.717, 1.165) is 12.8 Å². The fourth-order valence-corrected chi connectivity index (χ4v) is 3.60. The number of sulfonamides is 1. The summed E-state index contributed by atoms with van der Waals surface area (Å²) in [6, 6.07) is 4.57. The topological polar surface area (TPSA) is 83.5 Å². The second kappa shape index (κ2) is 7.17. The second-order valence-electron chi connectivity index (χ2n) is 6.16. The Hall–Kier alpha value is -1.82. The number of allylic oxidation sites excluding steroid dienone is 1. The van der Waals surface area contributed by atoms with E-state index in [1.54, 1.807) is 12.1 Å². The predicted octanol–water partition coefficient (Wildman–Crippen LogP) is 3.60. The Balaban J connectivity index is 2.22. The third-order valence-corrected chi connectivity index (χ3v) is 5.32. The van der Waals surface area contributed by atoms with Gasteiger partial charge in [0.15, 0.2) is 0 Å². The number of carbonyl (C=O) groups is 1. The Kier molecular flexibility index (Phi) is 5.46. The Morgan fingerprint density at radius 3 is 2.65 bits per heavy atom. The van der Waals surface area contributed by atoms with Crippen LogP contribution in [0.3, 0.4) is 0 Å². The first kappa shape index (κ1) is 17.5. The molecule has 0 saturated heterocycles. The van der Waals surface area contributed by atoms with Crippen LogP contribution in [0.2, 0.25) is 0 Å². The minimum Gasteiger partial charge on any atom is -0.478 e. The van der Waals surface area contributed by atoms with Crippen LogP contribution in [0.4, 0.5) is 5.69 Å². The third kappa shape index (κ3) is 5.39. The molecule has 0 amide bonds. The number of unbranched alkanes of at least 4 members (excludes halogenated alkanes) is 1. The number of carboxylic acid groups (broad SMARTS) is 1. The molecule has 1 saturated carbocycles. The molecule has 5 nitrogen and oxygen atoms in total. The van der Waals surface area contributed by atoms with E-state index in [9.17, 15) is 18.3 Å². The maximum absolute atomic E-state index is 12.0. The summed E-state index contributed by atoms with van der Waals surface area (Å²) >= 11 is 0. The highest BCUT2D eigenvalue weighted by molar-refractivity contribution is 7.92. The summed E-state index contributed by atoms with van der Waals surface area (Å²) in [6.45, 7) is 4.08. The summed E-state index contributed by atoms with van der Waals surface area (Å²) in [5, 5.41) is 9.20. The first-order valence-corrected chi connectivity index (χ1v) is 9.53. The molecule has 0 aliphatic heterocycles. The number of carboxylic acids is 1. The molecule has 0 bridgehead atoms. The Morgan fingerprint density at radius 2 is 2.09 bits per heavy atom. The van der Waals surface area contributed by atoms with Crippen molar-refractivity contribution in [3.8, 4) is 0 Å². The lowest BCUT2D eigenvalue weighted by atomic mass is 10.1. The standard InChI is InChI=1S/C17H23NO4S/c1-3-4-7-23(21,22)18-16-10-13(5-6-14-8-12(14)2)9-15(11-16)17(19)20/h5-6,9-12,14,18H,3-4,7-8H2,1-2H3,(H,19,20)/b6-5-. The molecule has 23 heavy (non-hydrogen) atoms. The van der Waals surface area contributed by atoms with Crippen molar-refractivity contribution < 1.29 is 18.3 Å².